The van der Waals surface area contributed by atoms with E-state index in [0.717, 1.165) is 6.42 Å². The van der Waals surface area contributed by atoms with Crippen LogP contribution >= 0.6 is 0 Å². The number of alkyl halides is 2. The van der Waals surface area contributed by atoms with Crippen molar-refractivity contribution in [3.8, 4) is 0 Å². The standard InChI is InChI=1S/C27H36F2O5.C3H7NO3/c1-5-6-7-23(33)34-14-21(31)24-15(2)10-17-18-12-20(28)19-11-16(30)8-9-26(19,4)27(18,29)22(32)13-25(17,24)3;4-2(1-5)3(6)7/h8-9,11,15,17-18,20,22,24,32H,5-7,10,12-14H2,1-4H3;2,5H,1,4H2,(H,6,7)/t15-,17+,18+,20+,22+,24-,25+,26+,27+;2-/m11/s1. The number of ketones is 2. The van der Waals surface area contributed by atoms with Gasteiger partial charge in [-0.05, 0) is 67.6 Å². The quantitative estimate of drug-likeness (QED) is 0.315. The number of aliphatic carboxylic acids is 1. The molecule has 0 aliphatic heterocycles. The van der Waals surface area contributed by atoms with Crippen LogP contribution in [-0.2, 0) is 23.9 Å². The number of carbonyl (C=O) groups is 4. The maximum atomic E-state index is 17.1. The second kappa shape index (κ2) is 12.4. The lowest BCUT2D eigenvalue weighted by atomic mass is 9.45. The summed E-state index contributed by atoms with van der Waals surface area (Å²) in [6.07, 6.45) is 3.20. The van der Waals surface area contributed by atoms with Crippen molar-refractivity contribution < 1.29 is 48.0 Å². The third-order valence-electron chi connectivity index (χ3n) is 9.94. The van der Waals surface area contributed by atoms with Gasteiger partial charge < -0.3 is 25.8 Å². The first-order chi connectivity index (χ1) is 19.1. The number of ether oxygens (including phenoxy) is 1. The van der Waals surface area contributed by atoms with Crippen molar-refractivity contribution in [1.29, 1.82) is 0 Å². The van der Waals surface area contributed by atoms with Crippen molar-refractivity contribution in [2.24, 2.45) is 40.2 Å². The Morgan fingerprint density at radius 1 is 1.22 bits per heavy atom. The first kappa shape index (κ1) is 33.0. The summed E-state index contributed by atoms with van der Waals surface area (Å²) in [5.74, 6) is -3.93. The van der Waals surface area contributed by atoms with E-state index in [4.69, 9.17) is 20.7 Å². The number of esters is 1. The molecule has 0 radical (unpaired) electrons. The Hall–Kier alpha value is -2.50. The van der Waals surface area contributed by atoms with Crippen LogP contribution in [0.4, 0.5) is 8.78 Å². The van der Waals surface area contributed by atoms with E-state index in [1.807, 2.05) is 20.8 Å². The van der Waals surface area contributed by atoms with Gasteiger partial charge in [0.25, 0.3) is 0 Å². The van der Waals surface area contributed by atoms with Gasteiger partial charge in [0.1, 0.15) is 18.8 Å². The highest BCUT2D eigenvalue weighted by molar-refractivity contribution is 6.01. The Bertz CT molecular complexity index is 1110. The molecule has 5 N–H and O–H groups in total. The molecule has 9 nitrogen and oxygen atoms in total. The summed E-state index contributed by atoms with van der Waals surface area (Å²) >= 11 is 0. The van der Waals surface area contributed by atoms with Crippen molar-refractivity contribution >= 4 is 23.5 Å². The molecule has 10 atom stereocenters. The second-order valence-corrected chi connectivity index (χ2v) is 12.5. The normalized spacial score (nSPS) is 39.7. The van der Waals surface area contributed by atoms with Gasteiger partial charge in [-0.25, -0.2) is 8.78 Å². The Morgan fingerprint density at radius 3 is 2.44 bits per heavy atom. The summed E-state index contributed by atoms with van der Waals surface area (Å²) in [6, 6.07) is -1.13. The highest BCUT2D eigenvalue weighted by Crippen LogP contribution is 2.70. The number of halogens is 2. The average Bonchev–Trinajstić information content (AvgIpc) is 3.18. The van der Waals surface area contributed by atoms with Gasteiger partial charge in [-0.3, -0.25) is 19.2 Å². The average molecular weight is 584 g/mol. The van der Waals surface area contributed by atoms with Gasteiger partial charge in [-0.15, -0.1) is 0 Å². The van der Waals surface area contributed by atoms with Crippen molar-refractivity contribution in [1.82, 2.24) is 0 Å². The minimum Gasteiger partial charge on any atom is -0.480 e. The number of hydrogen-bond acceptors (Lipinski definition) is 8. The van der Waals surface area contributed by atoms with Crippen LogP contribution in [0.15, 0.2) is 23.8 Å². The van der Waals surface area contributed by atoms with Crippen LogP contribution in [0.5, 0.6) is 0 Å². The zero-order valence-electron chi connectivity index (χ0n) is 24.1. The Balaban J connectivity index is 0.000000587. The highest BCUT2D eigenvalue weighted by atomic mass is 19.1. The molecule has 230 valence electrons. The van der Waals surface area contributed by atoms with E-state index < -0.39 is 65.2 Å². The van der Waals surface area contributed by atoms with E-state index in [2.05, 4.69) is 0 Å². The molecule has 0 aromatic rings. The van der Waals surface area contributed by atoms with Gasteiger partial charge >= 0.3 is 11.9 Å². The third kappa shape index (κ3) is 5.77. The maximum absolute atomic E-state index is 17.1. The van der Waals surface area contributed by atoms with E-state index in [1.54, 1.807) is 6.92 Å². The number of fused-ring (bicyclic) bond motifs is 5. The maximum Gasteiger partial charge on any atom is 0.322 e. The predicted octanol–water partition coefficient (Wildman–Crippen LogP) is 2.86. The lowest BCUT2D eigenvalue weighted by Gasteiger charge is -2.62. The van der Waals surface area contributed by atoms with E-state index in [-0.39, 0.29) is 54.8 Å². The second-order valence-electron chi connectivity index (χ2n) is 12.5. The smallest absolute Gasteiger partial charge is 0.322 e. The van der Waals surface area contributed by atoms with Crippen LogP contribution in [0.3, 0.4) is 0 Å². The molecule has 0 aromatic carbocycles. The number of aliphatic hydroxyl groups is 2. The van der Waals surface area contributed by atoms with Crippen LogP contribution < -0.4 is 5.73 Å². The predicted molar refractivity (Wildman–Crippen MR) is 145 cm³/mol. The molecule has 0 saturated heterocycles. The number of allylic oxidation sites excluding steroid dienone is 4. The molecule has 3 fully saturated rings. The molecule has 11 heteroatoms. The molecular weight excluding hydrogens is 540 g/mol. The van der Waals surface area contributed by atoms with Gasteiger partial charge in [-0.1, -0.05) is 33.3 Å². The lowest BCUT2D eigenvalue weighted by Crippen LogP contribution is -2.68. The van der Waals surface area contributed by atoms with E-state index >= 15 is 8.78 Å². The number of Topliss-reactive ketones (excluding diaryl/α,β-unsaturated/α-hetero) is 1. The number of nitrogens with two attached hydrogens (primary N) is 1. The minimum absolute atomic E-state index is 0.0524. The molecule has 0 amide bonds. The molecule has 4 aliphatic carbocycles. The van der Waals surface area contributed by atoms with Gasteiger partial charge in [0, 0.05) is 23.7 Å². The Labute approximate surface area is 239 Å². The van der Waals surface area contributed by atoms with Crippen molar-refractivity contribution in [3.05, 3.63) is 23.8 Å². The minimum atomic E-state index is -2.15. The third-order valence-corrected chi connectivity index (χ3v) is 9.94. The number of carbonyl (C=O) groups excluding carboxylic acids is 3. The van der Waals surface area contributed by atoms with Crippen LogP contribution in [0.2, 0.25) is 0 Å². The summed E-state index contributed by atoms with van der Waals surface area (Å²) in [7, 11) is 0. The molecule has 0 spiro atoms. The molecule has 0 aromatic heterocycles. The number of carboxylic acid groups (broad SMARTS) is 1. The zero-order valence-corrected chi connectivity index (χ0v) is 24.1. The summed E-state index contributed by atoms with van der Waals surface area (Å²) < 4.78 is 37.7. The van der Waals surface area contributed by atoms with Gasteiger partial charge in [0.2, 0.25) is 0 Å². The SMILES string of the molecule is CCCCC(=O)OCC(=O)[C@H]1[C@H](C)C[C@H]2[C@@H]3C[C@H](F)C4=CC(=O)C=C[C@]4(C)[C@@]3(F)[C@@H](O)C[C@@]21C.N[C@H](CO)C(=O)O. The van der Waals surface area contributed by atoms with Crippen LogP contribution in [0.1, 0.15) is 66.2 Å². The summed E-state index contributed by atoms with van der Waals surface area (Å²) in [6.45, 7) is 6.53. The lowest BCUT2D eigenvalue weighted by molar-refractivity contribution is -0.202. The Kier molecular flexibility index (Phi) is 9.97. The first-order valence-corrected chi connectivity index (χ1v) is 14.3. The van der Waals surface area contributed by atoms with Gasteiger partial charge in [-0.2, -0.15) is 0 Å². The topological polar surface area (TPSA) is 164 Å². The molecular formula is C30H43F2NO8. The zero-order chi connectivity index (χ0) is 30.9. The van der Waals surface area contributed by atoms with E-state index in [0.29, 0.717) is 12.8 Å². The summed E-state index contributed by atoms with van der Waals surface area (Å²) in [4.78, 5) is 46.8. The first-order valence-electron chi connectivity index (χ1n) is 14.3. The highest BCUT2D eigenvalue weighted by Gasteiger charge is 2.73. The fraction of sp³-hybridized carbons (Fsp3) is 0.733. The number of hydrogen-bond donors (Lipinski definition) is 4. The molecule has 4 aliphatic rings. The van der Waals surface area contributed by atoms with Gasteiger partial charge in [0.05, 0.1) is 12.7 Å². The van der Waals surface area contributed by atoms with E-state index in [9.17, 15) is 24.3 Å². The molecule has 0 unspecified atom stereocenters. The van der Waals surface area contributed by atoms with Crippen LogP contribution in [0.25, 0.3) is 0 Å². The number of unbranched alkanes of at least 4 members (excludes halogenated alkanes) is 1. The monoisotopic (exact) mass is 583 g/mol. The molecule has 0 heterocycles. The molecule has 4 rings (SSSR count). The van der Waals surface area contributed by atoms with Crippen molar-refractivity contribution in [2.75, 3.05) is 13.2 Å². The largest absolute Gasteiger partial charge is 0.480 e. The van der Waals surface area contributed by atoms with Crippen LogP contribution in [-0.4, -0.2) is 76.0 Å². The summed E-state index contributed by atoms with van der Waals surface area (Å²) in [5, 5.41) is 27.2. The van der Waals surface area contributed by atoms with Crippen molar-refractivity contribution in [2.45, 2.75) is 90.2 Å². The number of rotatable bonds is 8. The summed E-state index contributed by atoms with van der Waals surface area (Å²) in [5.41, 5.74) is 0.552. The molecule has 0 bridgehead atoms. The fourth-order valence-electron chi connectivity index (χ4n) is 7.97. The van der Waals surface area contributed by atoms with E-state index in [1.165, 1.54) is 18.2 Å². The van der Waals surface area contributed by atoms with Gasteiger partial charge in [0.15, 0.2) is 17.2 Å². The van der Waals surface area contributed by atoms with Crippen molar-refractivity contribution in [3.63, 3.8) is 0 Å². The number of carboxylic acids is 1. The molecule has 3 saturated carbocycles. The Morgan fingerprint density at radius 2 is 1.88 bits per heavy atom. The fourth-order valence-corrected chi connectivity index (χ4v) is 7.97. The molecule has 41 heavy (non-hydrogen) atoms. The van der Waals surface area contributed by atoms with Crippen LogP contribution in [0, 0.1) is 34.5 Å². The number of aliphatic hydroxyl groups excluding tert-OH is 2.